The quantitative estimate of drug-likeness (QED) is 0.385. The minimum absolute atomic E-state index is 0.0227. The van der Waals surface area contributed by atoms with E-state index in [1.807, 2.05) is 20.8 Å². The Bertz CT molecular complexity index is 816. The number of likely N-dealkylation sites (tertiary alicyclic amines) is 1. The second-order valence-corrected chi connectivity index (χ2v) is 12.6. The van der Waals surface area contributed by atoms with Crippen molar-refractivity contribution in [1.29, 1.82) is 0 Å². The van der Waals surface area contributed by atoms with Crippen molar-refractivity contribution in [2.24, 2.45) is 11.8 Å². The summed E-state index contributed by atoms with van der Waals surface area (Å²) in [4.78, 5) is 46.0. The Morgan fingerprint density at radius 1 is 1.28 bits per heavy atom. The monoisotopic (exact) mass is 527 g/mol. The Hall–Kier alpha value is -1.32. The van der Waals surface area contributed by atoms with Gasteiger partial charge < -0.3 is 19.8 Å². The molecular weight excluding hydrogens is 494 g/mol. The Morgan fingerprint density at radius 2 is 1.91 bits per heavy atom. The fraction of sp³-hybridized carbons (Fsp3) is 0.696. The summed E-state index contributed by atoms with van der Waals surface area (Å²) < 4.78 is -0.706. The third-order valence-corrected chi connectivity index (χ3v) is 10.0. The number of thioether (sulfide) groups is 1. The molecule has 0 radical (unpaired) electrons. The first-order valence-electron chi connectivity index (χ1n) is 11.0. The van der Waals surface area contributed by atoms with E-state index < -0.39 is 28.2 Å². The lowest BCUT2D eigenvalue weighted by Gasteiger charge is -2.42. The highest BCUT2D eigenvalue weighted by Gasteiger charge is 2.76. The third kappa shape index (κ3) is 3.84. The van der Waals surface area contributed by atoms with Gasteiger partial charge >= 0.3 is 0 Å². The van der Waals surface area contributed by atoms with E-state index in [1.54, 1.807) is 40.8 Å². The number of likely N-dealkylation sites (N-methyl/N-ethyl adjacent to an activating group) is 1. The van der Waals surface area contributed by atoms with E-state index in [9.17, 15) is 19.5 Å². The number of aliphatic hydroxyl groups is 1. The van der Waals surface area contributed by atoms with E-state index >= 15 is 0 Å². The van der Waals surface area contributed by atoms with Gasteiger partial charge in [-0.3, -0.25) is 14.4 Å². The van der Waals surface area contributed by atoms with Crippen LogP contribution in [0.4, 0.5) is 0 Å². The highest BCUT2D eigenvalue weighted by Crippen LogP contribution is 2.68. The summed E-state index contributed by atoms with van der Waals surface area (Å²) in [6.07, 6.45) is 3.98. The van der Waals surface area contributed by atoms with Gasteiger partial charge in [-0.1, -0.05) is 28.1 Å². The number of fused-ring (bicyclic) bond motifs is 1. The smallest absolute Gasteiger partial charge is 0.247 e. The van der Waals surface area contributed by atoms with Crippen molar-refractivity contribution in [3.8, 4) is 0 Å². The molecule has 0 aromatic rings. The topological polar surface area (TPSA) is 81.2 Å². The maximum Gasteiger partial charge on any atom is 0.247 e. The van der Waals surface area contributed by atoms with Gasteiger partial charge in [-0.05, 0) is 27.2 Å². The molecular formula is C23H34BrN3O4S. The summed E-state index contributed by atoms with van der Waals surface area (Å²) in [5, 5.41) is 9.64. The van der Waals surface area contributed by atoms with Crippen molar-refractivity contribution in [3.05, 3.63) is 25.3 Å². The van der Waals surface area contributed by atoms with Gasteiger partial charge in [0, 0.05) is 42.3 Å². The van der Waals surface area contributed by atoms with Crippen LogP contribution in [0.2, 0.25) is 0 Å². The molecule has 3 amide bonds. The molecule has 1 spiro atoms. The van der Waals surface area contributed by atoms with Crippen molar-refractivity contribution in [3.63, 3.8) is 0 Å². The maximum atomic E-state index is 14.0. The first-order valence-corrected chi connectivity index (χ1v) is 12.8. The molecule has 3 rings (SSSR count). The van der Waals surface area contributed by atoms with E-state index in [0.29, 0.717) is 19.5 Å². The fourth-order valence-electron chi connectivity index (χ4n) is 5.55. The molecule has 3 heterocycles. The van der Waals surface area contributed by atoms with Crippen LogP contribution >= 0.6 is 27.7 Å². The van der Waals surface area contributed by atoms with Gasteiger partial charge in [0.2, 0.25) is 17.7 Å². The number of carbonyl (C=O) groups excluding carboxylic acids is 3. The predicted molar refractivity (Wildman–Crippen MR) is 131 cm³/mol. The number of carbonyl (C=O) groups is 3. The van der Waals surface area contributed by atoms with Crippen LogP contribution in [-0.4, -0.2) is 97.2 Å². The number of β-amino-alcohol motifs (C(OH)–C–C–N with tert-alkyl or cyclic N) is 1. The molecule has 3 aliphatic rings. The SMILES string of the molecule is C=CCN(C)C(=O)[C@H]1[C@@H]2SC3(CC2Br)C(C(=O)N(CC=C)C(C)(C)C)N(CCO)C(=O)[C@H]13. The zero-order valence-corrected chi connectivity index (χ0v) is 21.7. The minimum atomic E-state index is -0.733. The predicted octanol–water partition coefficient (Wildman–Crippen LogP) is 1.90. The molecule has 0 saturated carbocycles. The number of rotatable bonds is 8. The van der Waals surface area contributed by atoms with Gasteiger partial charge in [-0.15, -0.1) is 24.9 Å². The first-order chi connectivity index (χ1) is 15.0. The molecule has 9 heteroatoms. The van der Waals surface area contributed by atoms with Crippen LogP contribution in [0, 0.1) is 11.8 Å². The fourth-order valence-corrected chi connectivity index (χ4v) is 9.15. The van der Waals surface area contributed by atoms with Crippen LogP contribution in [0.15, 0.2) is 25.3 Å². The molecule has 3 unspecified atom stereocenters. The minimum Gasteiger partial charge on any atom is -0.395 e. The molecule has 0 aromatic carbocycles. The Labute approximate surface area is 203 Å². The molecule has 7 nitrogen and oxygen atoms in total. The molecule has 0 aliphatic carbocycles. The van der Waals surface area contributed by atoms with E-state index in [2.05, 4.69) is 29.1 Å². The van der Waals surface area contributed by atoms with Gasteiger partial charge in [-0.2, -0.15) is 0 Å². The largest absolute Gasteiger partial charge is 0.395 e. The molecule has 0 aromatic heterocycles. The van der Waals surface area contributed by atoms with E-state index in [-0.39, 0.29) is 41.0 Å². The number of hydrogen-bond acceptors (Lipinski definition) is 5. The lowest BCUT2D eigenvalue weighted by molar-refractivity contribution is -0.146. The van der Waals surface area contributed by atoms with Crippen molar-refractivity contribution >= 4 is 45.4 Å². The molecule has 3 saturated heterocycles. The Balaban J connectivity index is 2.09. The zero-order valence-electron chi connectivity index (χ0n) is 19.3. The summed E-state index contributed by atoms with van der Waals surface area (Å²) in [5.74, 6) is -1.55. The van der Waals surface area contributed by atoms with E-state index in [4.69, 9.17) is 0 Å². The second-order valence-electron chi connectivity index (χ2n) is 9.83. The van der Waals surface area contributed by atoms with Crippen LogP contribution in [0.1, 0.15) is 27.2 Å². The van der Waals surface area contributed by atoms with Crippen LogP contribution in [0.25, 0.3) is 0 Å². The summed E-state index contributed by atoms with van der Waals surface area (Å²) in [6, 6.07) is -0.733. The molecule has 2 bridgehead atoms. The third-order valence-electron chi connectivity index (χ3n) is 6.82. The van der Waals surface area contributed by atoms with Crippen LogP contribution in [0.3, 0.4) is 0 Å². The normalized spacial score (nSPS) is 33.2. The molecule has 32 heavy (non-hydrogen) atoms. The lowest BCUT2D eigenvalue weighted by Crippen LogP contribution is -2.59. The van der Waals surface area contributed by atoms with Gasteiger partial charge in [-0.25, -0.2) is 0 Å². The van der Waals surface area contributed by atoms with Crippen molar-refractivity contribution in [2.75, 3.05) is 33.3 Å². The van der Waals surface area contributed by atoms with Crippen molar-refractivity contribution in [2.45, 2.75) is 53.6 Å². The summed E-state index contributed by atoms with van der Waals surface area (Å²) in [6.45, 7) is 14.0. The number of amides is 3. The molecule has 1 N–H and O–H groups in total. The van der Waals surface area contributed by atoms with Crippen LogP contribution < -0.4 is 0 Å². The molecule has 178 valence electrons. The number of aliphatic hydroxyl groups excluding tert-OH is 1. The zero-order chi connectivity index (χ0) is 24.0. The van der Waals surface area contributed by atoms with E-state index in [1.165, 1.54) is 4.90 Å². The summed E-state index contributed by atoms with van der Waals surface area (Å²) in [7, 11) is 1.72. The Kier molecular flexibility index (Phi) is 7.23. The molecule has 6 atom stereocenters. The maximum absolute atomic E-state index is 14.0. The molecule has 3 aliphatic heterocycles. The highest BCUT2D eigenvalue weighted by molar-refractivity contribution is 9.09. The lowest BCUT2D eigenvalue weighted by atomic mass is 9.70. The van der Waals surface area contributed by atoms with Gasteiger partial charge in [0.15, 0.2) is 0 Å². The number of nitrogens with zero attached hydrogens (tertiary/aromatic N) is 3. The van der Waals surface area contributed by atoms with Gasteiger partial charge in [0.25, 0.3) is 0 Å². The number of halogens is 1. The highest BCUT2D eigenvalue weighted by atomic mass is 79.9. The van der Waals surface area contributed by atoms with Crippen molar-refractivity contribution < 1.29 is 19.5 Å². The number of hydrogen-bond donors (Lipinski definition) is 1. The van der Waals surface area contributed by atoms with Crippen LogP contribution in [0.5, 0.6) is 0 Å². The van der Waals surface area contributed by atoms with Crippen molar-refractivity contribution in [1.82, 2.24) is 14.7 Å². The first kappa shape index (κ1) is 25.3. The molecule has 3 fully saturated rings. The second kappa shape index (κ2) is 9.14. The van der Waals surface area contributed by atoms with E-state index in [0.717, 1.165) is 0 Å². The van der Waals surface area contributed by atoms with Gasteiger partial charge in [0.05, 0.1) is 23.2 Å². The summed E-state index contributed by atoms with van der Waals surface area (Å²) >= 11 is 5.36. The van der Waals surface area contributed by atoms with Crippen LogP contribution in [-0.2, 0) is 14.4 Å². The summed E-state index contributed by atoms with van der Waals surface area (Å²) in [5.41, 5.74) is -0.470. The Morgan fingerprint density at radius 3 is 2.44 bits per heavy atom. The standard InChI is InChI=1S/C23H34BrN3O4S/c1-7-9-25(6)19(29)15-16-20(30)26(11-12-28)18(23(16)13-14(24)17(15)32-23)21(31)27(10-8-2)22(3,4)5/h7-8,14-18,28H,1-2,9-13H2,3-6H3/t14?,15-,16+,17-,18?,23?/m1/s1. The number of alkyl halides is 1. The van der Waals surface area contributed by atoms with Gasteiger partial charge in [0.1, 0.15) is 6.04 Å². The average Bonchev–Trinajstić information content (AvgIpc) is 3.29. The average molecular weight is 529 g/mol.